The van der Waals surface area contributed by atoms with Crippen LogP contribution in [0.2, 0.25) is 0 Å². The minimum absolute atomic E-state index is 0.273. The van der Waals surface area contributed by atoms with Crippen molar-refractivity contribution in [3.8, 4) is 16.9 Å². The van der Waals surface area contributed by atoms with Crippen molar-refractivity contribution in [2.45, 2.75) is 59.3 Å². The number of ether oxygens (including phenoxy) is 4. The summed E-state index contributed by atoms with van der Waals surface area (Å²) in [5.41, 5.74) is 0.953. The fourth-order valence-electron chi connectivity index (χ4n) is 4.25. The highest BCUT2D eigenvalue weighted by Gasteiger charge is 2.36. The van der Waals surface area contributed by atoms with Crippen LogP contribution < -0.4 is 9.64 Å². The third kappa shape index (κ3) is 6.76. The number of hydrogen-bond acceptors (Lipinski definition) is 9. The molecule has 0 saturated carbocycles. The zero-order chi connectivity index (χ0) is 31.0. The van der Waals surface area contributed by atoms with Crippen LogP contribution in [0.3, 0.4) is 0 Å². The Balaban J connectivity index is 1.86. The van der Waals surface area contributed by atoms with Crippen LogP contribution in [0.4, 0.5) is 25.1 Å². The Morgan fingerprint density at radius 1 is 0.929 bits per heavy atom. The van der Waals surface area contributed by atoms with Crippen molar-refractivity contribution >= 4 is 52.2 Å². The number of imide groups is 1. The summed E-state index contributed by atoms with van der Waals surface area (Å²) in [6.07, 6.45) is -3.05. The maximum absolute atomic E-state index is 13.4. The Morgan fingerprint density at radius 2 is 1.57 bits per heavy atom. The fourth-order valence-corrected chi connectivity index (χ4v) is 4.39. The van der Waals surface area contributed by atoms with Gasteiger partial charge in [0.05, 0.1) is 31.2 Å². The molecule has 0 atom stereocenters. The van der Waals surface area contributed by atoms with E-state index in [0.717, 1.165) is 22.8 Å². The molecule has 42 heavy (non-hydrogen) atoms. The number of amides is 3. The summed E-state index contributed by atoms with van der Waals surface area (Å²) >= 11 is 5.73. The molecule has 1 aliphatic heterocycles. The maximum atomic E-state index is 13.4. The van der Waals surface area contributed by atoms with E-state index in [9.17, 15) is 19.2 Å². The molecule has 0 spiro atoms. The zero-order valence-corrected chi connectivity index (χ0v) is 25.3. The van der Waals surface area contributed by atoms with Crippen LogP contribution in [0.5, 0.6) is 5.75 Å². The van der Waals surface area contributed by atoms with Crippen LogP contribution >= 0.6 is 11.6 Å². The maximum Gasteiger partial charge on any atom is 0.427 e. The van der Waals surface area contributed by atoms with E-state index in [2.05, 4.69) is 4.98 Å². The summed E-state index contributed by atoms with van der Waals surface area (Å²) in [5, 5.41) is -0.571. The lowest BCUT2D eigenvalue weighted by Crippen LogP contribution is -2.43. The molecule has 0 aliphatic carbocycles. The van der Waals surface area contributed by atoms with Crippen molar-refractivity contribution in [3.63, 3.8) is 0 Å². The van der Waals surface area contributed by atoms with E-state index in [-0.39, 0.29) is 23.5 Å². The average molecular weight is 601 g/mol. The molecule has 12 nitrogen and oxygen atoms in total. The summed E-state index contributed by atoms with van der Waals surface area (Å²) in [4.78, 5) is 57.8. The highest BCUT2D eigenvalue weighted by atomic mass is 35.5. The molecule has 2 heterocycles. The molecule has 1 aromatic heterocycles. The number of carbonyl (C=O) groups is 4. The van der Waals surface area contributed by atoms with Crippen molar-refractivity contribution in [1.29, 1.82) is 0 Å². The van der Waals surface area contributed by atoms with E-state index in [4.69, 9.17) is 30.5 Å². The predicted octanol–water partition coefficient (Wildman–Crippen LogP) is 6.55. The number of methoxy groups -OCH3 is 1. The van der Waals surface area contributed by atoms with Crippen LogP contribution in [0.1, 0.15) is 47.1 Å². The molecule has 0 unspecified atom stereocenters. The number of hydrogen-bond donors (Lipinski definition) is 0. The summed E-state index contributed by atoms with van der Waals surface area (Å²) in [7, 11) is 1.10. The lowest BCUT2D eigenvalue weighted by atomic mass is 10.0. The molecule has 0 saturated heterocycles. The van der Waals surface area contributed by atoms with Gasteiger partial charge in [0.25, 0.3) is 0 Å². The Hall–Kier alpha value is -4.32. The van der Waals surface area contributed by atoms with Crippen molar-refractivity contribution in [2.75, 3.05) is 25.2 Å². The third-order valence-corrected chi connectivity index (χ3v) is 6.21. The molecule has 0 fully saturated rings. The van der Waals surface area contributed by atoms with Gasteiger partial charge in [0.1, 0.15) is 23.6 Å². The van der Waals surface area contributed by atoms with Gasteiger partial charge in [-0.25, -0.2) is 23.9 Å². The van der Waals surface area contributed by atoms with E-state index in [0.29, 0.717) is 29.4 Å². The summed E-state index contributed by atoms with van der Waals surface area (Å²) in [6.45, 7) is 10.9. The minimum atomic E-state index is -1.10. The van der Waals surface area contributed by atoms with Crippen LogP contribution in [-0.2, 0) is 20.8 Å². The Morgan fingerprint density at radius 3 is 2.19 bits per heavy atom. The average Bonchev–Trinajstić information content (AvgIpc) is 3.10. The van der Waals surface area contributed by atoms with Crippen molar-refractivity contribution in [3.05, 3.63) is 42.0 Å². The van der Waals surface area contributed by atoms with E-state index in [1.165, 1.54) is 4.90 Å². The number of halogens is 1. The van der Waals surface area contributed by atoms with E-state index in [1.807, 2.05) is 18.2 Å². The first-order valence-corrected chi connectivity index (χ1v) is 13.5. The fraction of sp³-hybridized carbons (Fsp3) is 0.414. The van der Waals surface area contributed by atoms with E-state index in [1.54, 1.807) is 59.7 Å². The lowest BCUT2D eigenvalue weighted by Gasteiger charge is -2.25. The van der Waals surface area contributed by atoms with Gasteiger partial charge in [-0.1, -0.05) is 12.1 Å². The van der Waals surface area contributed by atoms with Gasteiger partial charge >= 0.3 is 23.6 Å². The van der Waals surface area contributed by atoms with Crippen LogP contribution in [0.15, 0.2) is 36.4 Å². The van der Waals surface area contributed by atoms with Gasteiger partial charge in [-0.05, 0) is 88.5 Å². The Kier molecular flexibility index (Phi) is 8.40. The number of nitrogens with zero attached hydrogens (tertiary/aromatic N) is 4. The first-order valence-electron chi connectivity index (χ1n) is 13.2. The highest BCUT2D eigenvalue weighted by molar-refractivity contribution is 6.62. The van der Waals surface area contributed by atoms with Crippen LogP contribution in [-0.4, -0.2) is 69.6 Å². The second-order valence-electron chi connectivity index (χ2n) is 11.6. The summed E-state index contributed by atoms with van der Waals surface area (Å²) in [6, 6.07) is 10.6. The number of imidazole rings is 1. The van der Waals surface area contributed by atoms with Crippen LogP contribution in [0, 0.1) is 0 Å². The van der Waals surface area contributed by atoms with E-state index < -0.39 is 34.8 Å². The van der Waals surface area contributed by atoms with Gasteiger partial charge in [-0.2, -0.15) is 0 Å². The van der Waals surface area contributed by atoms with Crippen molar-refractivity contribution < 1.29 is 38.1 Å². The van der Waals surface area contributed by atoms with Crippen molar-refractivity contribution in [1.82, 2.24) is 14.5 Å². The zero-order valence-electron chi connectivity index (χ0n) is 24.5. The lowest BCUT2D eigenvalue weighted by molar-refractivity contribution is 0.0538. The number of anilines is 1. The van der Waals surface area contributed by atoms with Gasteiger partial charge in [0, 0.05) is 5.56 Å². The number of benzene rings is 2. The minimum Gasteiger partial charge on any atom is -0.491 e. The Labute approximate surface area is 248 Å². The molecule has 3 amide bonds. The van der Waals surface area contributed by atoms with Gasteiger partial charge in [0.15, 0.2) is 0 Å². The van der Waals surface area contributed by atoms with Gasteiger partial charge < -0.3 is 23.8 Å². The van der Waals surface area contributed by atoms with E-state index >= 15 is 0 Å². The SMILES string of the molecule is COC(=O)N(C(=O)OC(C)(C)C)c1nc2cc(-c3ccc4c(c3)CN(C(=O)Cl)CCO4)ccc2n1C(=O)OC(C)(C)C. The Bertz CT molecular complexity index is 1550. The molecule has 1 aliphatic rings. The molecule has 0 N–H and O–H groups in total. The predicted molar refractivity (Wildman–Crippen MR) is 155 cm³/mol. The molecule has 2 aromatic carbocycles. The molecule has 13 heteroatoms. The third-order valence-electron chi connectivity index (χ3n) is 5.97. The molecule has 4 rings (SSSR count). The monoisotopic (exact) mass is 600 g/mol. The number of carbonyl (C=O) groups excluding carboxylic acids is 4. The van der Waals surface area contributed by atoms with Crippen molar-refractivity contribution in [2.24, 2.45) is 0 Å². The highest BCUT2D eigenvalue weighted by Crippen LogP contribution is 2.33. The number of fused-ring (bicyclic) bond motifs is 2. The smallest absolute Gasteiger partial charge is 0.427 e. The molecular formula is C29H33ClN4O8. The van der Waals surface area contributed by atoms with Crippen LogP contribution in [0.25, 0.3) is 22.2 Å². The summed E-state index contributed by atoms with van der Waals surface area (Å²) < 4.78 is 22.7. The second-order valence-corrected chi connectivity index (χ2v) is 11.9. The first kappa shape index (κ1) is 30.6. The normalized spacial score (nSPS) is 13.5. The standard InChI is InChI=1S/C29H33ClN4O8/c1-28(2,3)41-26(37)33-21-10-8-18(17-9-11-22-19(14-17)16-32(23(30)35)12-13-40-22)15-20(21)31-24(33)34(25(36)39-7)27(38)42-29(4,5)6/h8-11,14-15H,12-13,16H2,1-7H3. The quantitative estimate of drug-likeness (QED) is 0.183. The number of aromatic nitrogens is 2. The molecule has 0 bridgehead atoms. The molecular weight excluding hydrogens is 568 g/mol. The molecule has 224 valence electrons. The largest absolute Gasteiger partial charge is 0.491 e. The van der Waals surface area contributed by atoms with Gasteiger partial charge in [-0.3, -0.25) is 4.79 Å². The molecule has 3 aromatic rings. The topological polar surface area (TPSA) is 129 Å². The number of rotatable bonds is 2. The molecule has 0 radical (unpaired) electrons. The van der Waals surface area contributed by atoms with Gasteiger partial charge in [-0.15, -0.1) is 4.90 Å². The first-order chi connectivity index (χ1) is 19.6. The summed E-state index contributed by atoms with van der Waals surface area (Å²) in [5.74, 6) is 0.284. The van der Waals surface area contributed by atoms with Gasteiger partial charge in [0.2, 0.25) is 5.95 Å². The second kappa shape index (κ2) is 11.5.